The number of sulfonamides is 1. The molecule has 1 aliphatic rings. The largest absolute Gasteiger partial charge is 0.478 e. The standard InChI is InChI=1S/C21H27N3O4S/c1-3-16-7-5-6-8-20(16)29(27,28)22-19-10-9-17(15-18(19)21(25)26)24-13-11-23(4-2)12-14-24/h5-10,15,22H,3-4,11-14H2,1-2H3,(H,25,26). The van der Waals surface area contributed by atoms with Crippen molar-refractivity contribution in [3.05, 3.63) is 53.6 Å². The van der Waals surface area contributed by atoms with Crippen LogP contribution in [0.4, 0.5) is 11.4 Å². The Balaban J connectivity index is 1.89. The second-order valence-corrected chi connectivity index (χ2v) is 8.67. The summed E-state index contributed by atoms with van der Waals surface area (Å²) in [5.74, 6) is -1.17. The molecule has 7 nitrogen and oxygen atoms in total. The maximum absolute atomic E-state index is 12.9. The number of carbonyl (C=O) groups is 1. The fourth-order valence-electron chi connectivity index (χ4n) is 3.57. The van der Waals surface area contributed by atoms with Crippen LogP contribution in [0.25, 0.3) is 0 Å². The minimum atomic E-state index is -3.89. The maximum atomic E-state index is 12.9. The molecule has 2 N–H and O–H groups in total. The number of nitrogens with zero attached hydrogens (tertiary/aromatic N) is 2. The van der Waals surface area contributed by atoms with Gasteiger partial charge in [0.1, 0.15) is 0 Å². The van der Waals surface area contributed by atoms with Crippen molar-refractivity contribution < 1.29 is 18.3 Å². The molecule has 1 saturated heterocycles. The van der Waals surface area contributed by atoms with E-state index in [1.807, 2.05) is 6.92 Å². The number of aromatic carboxylic acids is 1. The van der Waals surface area contributed by atoms with Crippen LogP contribution < -0.4 is 9.62 Å². The van der Waals surface area contributed by atoms with Gasteiger partial charge in [0.2, 0.25) is 0 Å². The maximum Gasteiger partial charge on any atom is 0.337 e. The Kier molecular flexibility index (Phi) is 6.44. The minimum absolute atomic E-state index is 0.0574. The molecule has 0 radical (unpaired) electrons. The molecule has 8 heteroatoms. The predicted molar refractivity (Wildman–Crippen MR) is 114 cm³/mol. The Morgan fingerprint density at radius 1 is 1.07 bits per heavy atom. The number of nitrogens with one attached hydrogen (secondary N) is 1. The molecular weight excluding hydrogens is 390 g/mol. The highest BCUT2D eigenvalue weighted by Gasteiger charge is 2.23. The van der Waals surface area contributed by atoms with Gasteiger partial charge >= 0.3 is 5.97 Å². The summed E-state index contributed by atoms with van der Waals surface area (Å²) in [6, 6.07) is 11.6. The number of hydrogen-bond donors (Lipinski definition) is 2. The van der Waals surface area contributed by atoms with Gasteiger partial charge in [-0.05, 0) is 42.8 Å². The number of anilines is 2. The van der Waals surface area contributed by atoms with Crippen molar-refractivity contribution in [2.24, 2.45) is 0 Å². The highest BCUT2D eigenvalue weighted by molar-refractivity contribution is 7.92. The van der Waals surface area contributed by atoms with Gasteiger partial charge in [-0.1, -0.05) is 32.0 Å². The number of rotatable bonds is 7. The first kappa shape index (κ1) is 21.1. The van der Waals surface area contributed by atoms with Crippen molar-refractivity contribution in [2.75, 3.05) is 42.3 Å². The zero-order valence-electron chi connectivity index (χ0n) is 16.8. The minimum Gasteiger partial charge on any atom is -0.478 e. The highest BCUT2D eigenvalue weighted by atomic mass is 32.2. The van der Waals surface area contributed by atoms with Gasteiger partial charge in [0, 0.05) is 31.9 Å². The highest BCUT2D eigenvalue weighted by Crippen LogP contribution is 2.27. The second-order valence-electron chi connectivity index (χ2n) is 7.02. The van der Waals surface area contributed by atoms with Crippen molar-refractivity contribution in [2.45, 2.75) is 25.2 Å². The van der Waals surface area contributed by atoms with Gasteiger partial charge in [-0.2, -0.15) is 0 Å². The molecule has 0 aromatic heterocycles. The first-order valence-electron chi connectivity index (χ1n) is 9.81. The summed E-state index contributed by atoms with van der Waals surface area (Å²) in [6.07, 6.45) is 0.561. The number of likely N-dealkylation sites (N-methyl/N-ethyl adjacent to an activating group) is 1. The van der Waals surface area contributed by atoms with E-state index in [-0.39, 0.29) is 16.1 Å². The Bertz CT molecular complexity index is 983. The molecule has 0 amide bonds. The van der Waals surface area contributed by atoms with E-state index in [4.69, 9.17) is 0 Å². The van der Waals surface area contributed by atoms with Gasteiger partial charge < -0.3 is 14.9 Å². The van der Waals surface area contributed by atoms with Crippen LogP contribution in [0.5, 0.6) is 0 Å². The number of piperazine rings is 1. The molecule has 0 aliphatic carbocycles. The molecule has 0 saturated carbocycles. The predicted octanol–water partition coefficient (Wildman–Crippen LogP) is 2.89. The van der Waals surface area contributed by atoms with E-state index in [2.05, 4.69) is 21.4 Å². The SMILES string of the molecule is CCc1ccccc1S(=O)(=O)Nc1ccc(N2CCN(CC)CC2)cc1C(=O)O. The van der Waals surface area contributed by atoms with Crippen LogP contribution in [0.1, 0.15) is 29.8 Å². The molecule has 156 valence electrons. The lowest BCUT2D eigenvalue weighted by atomic mass is 10.1. The van der Waals surface area contributed by atoms with E-state index in [0.29, 0.717) is 12.0 Å². The Morgan fingerprint density at radius 3 is 2.38 bits per heavy atom. The zero-order chi connectivity index (χ0) is 21.0. The molecule has 0 bridgehead atoms. The van der Waals surface area contributed by atoms with Gasteiger partial charge in [-0.3, -0.25) is 4.72 Å². The van der Waals surface area contributed by atoms with Crippen molar-refractivity contribution in [3.63, 3.8) is 0 Å². The lowest BCUT2D eigenvalue weighted by molar-refractivity contribution is 0.0698. The van der Waals surface area contributed by atoms with Crippen LogP contribution in [-0.4, -0.2) is 57.1 Å². The van der Waals surface area contributed by atoms with Crippen molar-refractivity contribution in [3.8, 4) is 0 Å². The van der Waals surface area contributed by atoms with Crippen molar-refractivity contribution in [1.29, 1.82) is 0 Å². The van der Waals surface area contributed by atoms with Gasteiger partial charge in [0.25, 0.3) is 10.0 Å². The quantitative estimate of drug-likeness (QED) is 0.720. The normalized spacial score (nSPS) is 15.3. The third-order valence-electron chi connectivity index (χ3n) is 5.31. The van der Waals surface area contributed by atoms with Crippen LogP contribution in [-0.2, 0) is 16.4 Å². The van der Waals surface area contributed by atoms with Gasteiger partial charge in [-0.15, -0.1) is 0 Å². The average Bonchev–Trinajstić information content (AvgIpc) is 2.73. The smallest absolute Gasteiger partial charge is 0.337 e. The summed E-state index contributed by atoms with van der Waals surface area (Å²) in [6.45, 7) is 8.44. The Labute approximate surface area is 172 Å². The Hall–Kier alpha value is -2.58. The molecular formula is C21H27N3O4S. The van der Waals surface area contributed by atoms with Crippen molar-refractivity contribution in [1.82, 2.24) is 4.90 Å². The summed E-state index contributed by atoms with van der Waals surface area (Å²) < 4.78 is 28.3. The number of carboxylic acids is 1. The number of carboxylic acid groups (broad SMARTS) is 1. The lowest BCUT2D eigenvalue weighted by Crippen LogP contribution is -2.46. The summed E-state index contributed by atoms with van der Waals surface area (Å²) in [4.78, 5) is 16.5. The summed E-state index contributed by atoms with van der Waals surface area (Å²) in [7, 11) is -3.89. The molecule has 2 aromatic rings. The molecule has 0 unspecified atom stereocenters. The number of aryl methyl sites for hydroxylation is 1. The molecule has 29 heavy (non-hydrogen) atoms. The first-order chi connectivity index (χ1) is 13.9. The van der Waals surface area contributed by atoms with Crippen LogP contribution >= 0.6 is 0 Å². The van der Waals surface area contributed by atoms with Crippen LogP contribution in [0.2, 0.25) is 0 Å². The fraction of sp³-hybridized carbons (Fsp3) is 0.381. The zero-order valence-corrected chi connectivity index (χ0v) is 17.6. The first-order valence-corrected chi connectivity index (χ1v) is 11.3. The van der Waals surface area contributed by atoms with Gasteiger partial charge in [0.15, 0.2) is 0 Å². The topological polar surface area (TPSA) is 90.0 Å². The van der Waals surface area contributed by atoms with E-state index in [9.17, 15) is 18.3 Å². The van der Waals surface area contributed by atoms with Crippen molar-refractivity contribution >= 4 is 27.4 Å². The Morgan fingerprint density at radius 2 is 1.76 bits per heavy atom. The molecule has 3 rings (SSSR count). The number of hydrogen-bond acceptors (Lipinski definition) is 5. The molecule has 1 heterocycles. The van der Waals surface area contributed by atoms with E-state index < -0.39 is 16.0 Å². The summed E-state index contributed by atoms with van der Waals surface area (Å²) in [5, 5.41) is 9.68. The third kappa shape index (κ3) is 4.71. The molecule has 1 aliphatic heterocycles. The van der Waals surface area contributed by atoms with Gasteiger partial charge in [-0.25, -0.2) is 13.2 Å². The van der Waals surface area contributed by atoms with E-state index >= 15 is 0 Å². The van der Waals surface area contributed by atoms with E-state index in [1.54, 1.807) is 30.3 Å². The average molecular weight is 418 g/mol. The lowest BCUT2D eigenvalue weighted by Gasteiger charge is -2.35. The second kappa shape index (κ2) is 8.84. The van der Waals surface area contributed by atoms with Crippen LogP contribution in [0.3, 0.4) is 0 Å². The van der Waals surface area contributed by atoms with Crippen LogP contribution in [0.15, 0.2) is 47.4 Å². The van der Waals surface area contributed by atoms with E-state index in [0.717, 1.165) is 38.4 Å². The molecule has 2 aromatic carbocycles. The fourth-order valence-corrected chi connectivity index (χ4v) is 4.97. The summed E-state index contributed by atoms with van der Waals surface area (Å²) >= 11 is 0. The van der Waals surface area contributed by atoms with E-state index in [1.165, 1.54) is 12.1 Å². The molecule has 1 fully saturated rings. The number of benzene rings is 2. The summed E-state index contributed by atoms with van der Waals surface area (Å²) in [5.41, 5.74) is 1.48. The monoisotopic (exact) mass is 417 g/mol. The van der Waals surface area contributed by atoms with Crippen LogP contribution in [0, 0.1) is 0 Å². The third-order valence-corrected chi connectivity index (χ3v) is 6.77. The van der Waals surface area contributed by atoms with Gasteiger partial charge in [0.05, 0.1) is 16.1 Å². The molecule has 0 spiro atoms. The molecule has 0 atom stereocenters.